The lowest BCUT2D eigenvalue weighted by molar-refractivity contribution is 0.0395. The maximum atomic E-state index is 12.0. The first-order valence-electron chi connectivity index (χ1n) is 7.46. The zero-order valence-electron chi connectivity index (χ0n) is 12.3. The Labute approximate surface area is 130 Å². The number of carbonyl (C=O) groups excluding carboxylic acids is 1. The van der Waals surface area contributed by atoms with Gasteiger partial charge in [-0.05, 0) is 48.7 Å². The van der Waals surface area contributed by atoms with Gasteiger partial charge in [-0.15, -0.1) is 0 Å². The molecular formula is C19H18O3. The van der Waals surface area contributed by atoms with Crippen molar-refractivity contribution in [2.75, 3.05) is 0 Å². The van der Waals surface area contributed by atoms with Gasteiger partial charge in [-0.2, -0.15) is 0 Å². The van der Waals surface area contributed by atoms with Gasteiger partial charge >= 0.3 is 5.97 Å². The number of hydrogen-bond donors (Lipinski definition) is 0. The van der Waals surface area contributed by atoms with E-state index in [-0.39, 0.29) is 12.1 Å². The Morgan fingerprint density at radius 2 is 1.82 bits per heavy atom. The minimum atomic E-state index is -0.286. The quantitative estimate of drug-likeness (QED) is 0.614. The predicted octanol–water partition coefficient (Wildman–Crippen LogP) is 4.14. The monoisotopic (exact) mass is 294 g/mol. The van der Waals surface area contributed by atoms with E-state index in [0.29, 0.717) is 12.2 Å². The third-order valence-corrected chi connectivity index (χ3v) is 3.57. The summed E-state index contributed by atoms with van der Waals surface area (Å²) in [6.45, 7) is 0.511. The Morgan fingerprint density at radius 3 is 2.50 bits per heavy atom. The molecule has 0 amide bonds. The van der Waals surface area contributed by atoms with Gasteiger partial charge in [-0.25, -0.2) is 4.79 Å². The molecular weight excluding hydrogens is 276 g/mol. The molecule has 0 saturated heterocycles. The van der Waals surface area contributed by atoms with Crippen molar-refractivity contribution in [3.8, 4) is 5.75 Å². The van der Waals surface area contributed by atoms with E-state index >= 15 is 0 Å². The van der Waals surface area contributed by atoms with Crippen LogP contribution in [0, 0.1) is 0 Å². The lowest BCUT2D eigenvalue weighted by atomic mass is 10.2. The first kappa shape index (κ1) is 14.4. The Bertz CT molecular complexity index is 644. The summed E-state index contributed by atoms with van der Waals surface area (Å²) in [4.78, 5) is 12.0. The van der Waals surface area contributed by atoms with Gasteiger partial charge in [0, 0.05) is 0 Å². The van der Waals surface area contributed by atoms with E-state index in [9.17, 15) is 4.79 Å². The lowest BCUT2D eigenvalue weighted by Crippen LogP contribution is -2.13. The molecule has 112 valence electrons. The molecule has 0 aliphatic heterocycles. The molecule has 0 N–H and O–H groups in total. The molecule has 1 aliphatic rings. The van der Waals surface area contributed by atoms with Gasteiger partial charge in [-0.1, -0.05) is 36.4 Å². The van der Waals surface area contributed by atoms with E-state index in [0.717, 1.165) is 24.2 Å². The highest BCUT2D eigenvalue weighted by Gasteiger charge is 2.15. The van der Waals surface area contributed by atoms with Gasteiger partial charge in [0.2, 0.25) is 0 Å². The van der Waals surface area contributed by atoms with Crippen LogP contribution in [0.3, 0.4) is 0 Å². The zero-order valence-corrected chi connectivity index (χ0v) is 12.3. The molecule has 0 saturated carbocycles. The van der Waals surface area contributed by atoms with Crippen LogP contribution in [0.2, 0.25) is 0 Å². The Balaban J connectivity index is 1.55. The number of esters is 1. The van der Waals surface area contributed by atoms with Crippen LogP contribution in [0.15, 0.2) is 66.7 Å². The third kappa shape index (κ3) is 3.76. The number of hydrogen-bond acceptors (Lipinski definition) is 3. The maximum absolute atomic E-state index is 12.0. The highest BCUT2D eigenvalue weighted by atomic mass is 16.5. The highest BCUT2D eigenvalue weighted by Crippen LogP contribution is 2.18. The Kier molecular flexibility index (Phi) is 4.54. The van der Waals surface area contributed by atoms with E-state index in [4.69, 9.17) is 9.47 Å². The summed E-state index contributed by atoms with van der Waals surface area (Å²) in [5.74, 6) is 0.451. The lowest BCUT2D eigenvalue weighted by Gasteiger charge is -2.11. The molecule has 3 rings (SSSR count). The van der Waals surface area contributed by atoms with Crippen molar-refractivity contribution in [3.05, 3.63) is 77.9 Å². The molecule has 0 fully saturated rings. The van der Waals surface area contributed by atoms with E-state index < -0.39 is 0 Å². The van der Waals surface area contributed by atoms with Crippen molar-refractivity contribution >= 4 is 5.97 Å². The Morgan fingerprint density at radius 1 is 1.05 bits per heavy atom. The molecule has 3 nitrogen and oxygen atoms in total. The molecule has 2 aromatic carbocycles. The molecule has 0 radical (unpaired) electrons. The molecule has 0 bridgehead atoms. The maximum Gasteiger partial charge on any atom is 0.338 e. The molecule has 0 spiro atoms. The number of rotatable bonds is 5. The molecule has 3 heteroatoms. The average Bonchev–Trinajstić information content (AvgIpc) is 3.07. The topological polar surface area (TPSA) is 35.5 Å². The predicted molar refractivity (Wildman–Crippen MR) is 84.8 cm³/mol. The summed E-state index contributed by atoms with van der Waals surface area (Å²) in [5, 5.41) is 0. The molecule has 22 heavy (non-hydrogen) atoms. The minimum Gasteiger partial charge on any atom is -0.489 e. The minimum absolute atomic E-state index is 0.0819. The van der Waals surface area contributed by atoms with Crippen LogP contribution in [0.1, 0.15) is 28.8 Å². The van der Waals surface area contributed by atoms with Crippen molar-refractivity contribution in [2.45, 2.75) is 25.6 Å². The fourth-order valence-electron chi connectivity index (χ4n) is 2.34. The van der Waals surface area contributed by atoms with Crippen LogP contribution < -0.4 is 4.74 Å². The standard InChI is InChI=1S/C19H18O3/c20-19(22-18-8-4-5-9-18)16-10-12-17(13-11-16)21-14-15-6-2-1-3-7-15/h1-4,6-8,10-13,18H,5,9,14H2. The van der Waals surface area contributed by atoms with E-state index in [1.807, 2.05) is 42.5 Å². The second-order valence-electron chi connectivity index (χ2n) is 5.25. The Hall–Kier alpha value is -2.55. The van der Waals surface area contributed by atoms with Gasteiger partial charge < -0.3 is 9.47 Å². The van der Waals surface area contributed by atoms with Gasteiger partial charge in [0.25, 0.3) is 0 Å². The first-order chi connectivity index (χ1) is 10.8. The smallest absolute Gasteiger partial charge is 0.338 e. The van der Waals surface area contributed by atoms with E-state index in [1.165, 1.54) is 0 Å². The van der Waals surface area contributed by atoms with Crippen molar-refractivity contribution in [2.24, 2.45) is 0 Å². The van der Waals surface area contributed by atoms with Crippen LogP contribution in [-0.4, -0.2) is 12.1 Å². The zero-order chi connectivity index (χ0) is 15.2. The van der Waals surface area contributed by atoms with Crippen LogP contribution >= 0.6 is 0 Å². The summed E-state index contributed by atoms with van der Waals surface area (Å²) in [7, 11) is 0. The van der Waals surface area contributed by atoms with E-state index in [2.05, 4.69) is 0 Å². The van der Waals surface area contributed by atoms with Crippen LogP contribution in [0.4, 0.5) is 0 Å². The molecule has 1 atom stereocenters. The number of ether oxygens (including phenoxy) is 2. The summed E-state index contributed by atoms with van der Waals surface area (Å²) in [6, 6.07) is 17.0. The highest BCUT2D eigenvalue weighted by molar-refractivity contribution is 5.89. The molecule has 0 aromatic heterocycles. The average molecular weight is 294 g/mol. The normalized spacial score (nSPS) is 16.5. The van der Waals surface area contributed by atoms with Crippen molar-refractivity contribution in [3.63, 3.8) is 0 Å². The number of carbonyl (C=O) groups is 1. The fourth-order valence-corrected chi connectivity index (χ4v) is 2.34. The summed E-state index contributed by atoms with van der Waals surface area (Å²) < 4.78 is 11.1. The number of allylic oxidation sites excluding steroid dienone is 1. The summed E-state index contributed by atoms with van der Waals surface area (Å²) >= 11 is 0. The largest absolute Gasteiger partial charge is 0.489 e. The molecule has 1 unspecified atom stereocenters. The second-order valence-corrected chi connectivity index (χ2v) is 5.25. The molecule has 0 heterocycles. The van der Waals surface area contributed by atoms with Crippen molar-refractivity contribution < 1.29 is 14.3 Å². The fraction of sp³-hybridized carbons (Fsp3) is 0.211. The number of benzene rings is 2. The summed E-state index contributed by atoms with van der Waals surface area (Å²) in [6.07, 6.45) is 5.75. The van der Waals surface area contributed by atoms with Gasteiger partial charge in [0.05, 0.1) is 5.56 Å². The van der Waals surface area contributed by atoms with Crippen LogP contribution in [0.25, 0.3) is 0 Å². The van der Waals surface area contributed by atoms with Crippen LogP contribution in [-0.2, 0) is 11.3 Å². The molecule has 2 aromatic rings. The van der Waals surface area contributed by atoms with Gasteiger partial charge in [-0.3, -0.25) is 0 Å². The first-order valence-corrected chi connectivity index (χ1v) is 7.46. The van der Waals surface area contributed by atoms with Gasteiger partial charge in [0.1, 0.15) is 18.5 Å². The SMILES string of the molecule is O=C(OC1C=CCC1)c1ccc(OCc2ccccc2)cc1. The van der Waals surface area contributed by atoms with E-state index in [1.54, 1.807) is 24.3 Å². The third-order valence-electron chi connectivity index (χ3n) is 3.57. The van der Waals surface area contributed by atoms with Crippen molar-refractivity contribution in [1.29, 1.82) is 0 Å². The summed E-state index contributed by atoms with van der Waals surface area (Å²) in [5.41, 5.74) is 1.66. The van der Waals surface area contributed by atoms with Crippen LogP contribution in [0.5, 0.6) is 5.75 Å². The van der Waals surface area contributed by atoms with Crippen molar-refractivity contribution in [1.82, 2.24) is 0 Å². The van der Waals surface area contributed by atoms with Gasteiger partial charge in [0.15, 0.2) is 0 Å². The molecule has 1 aliphatic carbocycles. The second kappa shape index (κ2) is 6.94.